The second-order valence-corrected chi connectivity index (χ2v) is 6.52. The number of methoxy groups -OCH3 is 1. The minimum atomic E-state index is 0.0320. The molecule has 1 aliphatic heterocycles. The van der Waals surface area contributed by atoms with Crippen LogP contribution in [0, 0.1) is 5.92 Å². The second-order valence-electron chi connectivity index (χ2n) is 6.52. The number of nitrogens with zero attached hydrogens (tertiary/aromatic N) is 3. The van der Waals surface area contributed by atoms with E-state index in [1.54, 1.807) is 24.3 Å². The molecule has 1 aromatic heterocycles. The van der Waals surface area contributed by atoms with E-state index in [2.05, 4.69) is 34.1 Å². The molecule has 25 heavy (non-hydrogen) atoms. The number of hydrogen-bond acceptors (Lipinski definition) is 4. The standard InChI is InChI=1S/C20H25N3O2/c1-22(18-10-11-19(25-2)21-13-18)20(24)17-9-6-12-23(15-17)14-16-7-4-3-5-8-16/h3-5,7-8,10-11,13,17H,6,9,12,14-15H2,1-2H3/t17-/m0/s1. The van der Waals surface area contributed by atoms with Gasteiger partial charge in [0.15, 0.2) is 0 Å². The van der Waals surface area contributed by atoms with Crippen LogP contribution in [-0.2, 0) is 11.3 Å². The third-order valence-corrected chi connectivity index (χ3v) is 4.75. The summed E-state index contributed by atoms with van der Waals surface area (Å²) >= 11 is 0. The first-order chi connectivity index (χ1) is 12.2. The molecule has 0 aliphatic carbocycles. The Morgan fingerprint density at radius 1 is 1.28 bits per heavy atom. The highest BCUT2D eigenvalue weighted by molar-refractivity contribution is 5.94. The Hall–Kier alpha value is -2.40. The van der Waals surface area contributed by atoms with Crippen molar-refractivity contribution in [3.05, 3.63) is 54.2 Å². The van der Waals surface area contributed by atoms with E-state index in [0.29, 0.717) is 5.88 Å². The van der Waals surface area contributed by atoms with Crippen LogP contribution in [0.25, 0.3) is 0 Å². The molecule has 1 fully saturated rings. The molecule has 0 unspecified atom stereocenters. The number of likely N-dealkylation sites (tertiary alicyclic amines) is 1. The van der Waals surface area contributed by atoms with Gasteiger partial charge in [0.05, 0.1) is 24.9 Å². The van der Waals surface area contributed by atoms with Crippen molar-refractivity contribution in [3.63, 3.8) is 0 Å². The molecule has 2 heterocycles. The molecule has 1 atom stereocenters. The Labute approximate surface area is 149 Å². The van der Waals surface area contributed by atoms with Crippen molar-refractivity contribution < 1.29 is 9.53 Å². The summed E-state index contributed by atoms with van der Waals surface area (Å²) in [6, 6.07) is 14.1. The number of benzene rings is 1. The normalized spacial score (nSPS) is 17.9. The summed E-state index contributed by atoms with van der Waals surface area (Å²) in [5.41, 5.74) is 2.09. The highest BCUT2D eigenvalue weighted by Crippen LogP contribution is 2.23. The summed E-state index contributed by atoms with van der Waals surface area (Å²) in [6.45, 7) is 2.76. The summed E-state index contributed by atoms with van der Waals surface area (Å²) in [7, 11) is 3.40. The molecule has 0 saturated carbocycles. The van der Waals surface area contributed by atoms with Gasteiger partial charge < -0.3 is 9.64 Å². The Morgan fingerprint density at radius 3 is 2.76 bits per heavy atom. The number of rotatable bonds is 5. The van der Waals surface area contributed by atoms with Gasteiger partial charge in [-0.1, -0.05) is 30.3 Å². The third kappa shape index (κ3) is 4.37. The van der Waals surface area contributed by atoms with Gasteiger partial charge in [-0.3, -0.25) is 9.69 Å². The lowest BCUT2D eigenvalue weighted by molar-refractivity contribution is -0.123. The average Bonchev–Trinajstić information content (AvgIpc) is 2.68. The largest absolute Gasteiger partial charge is 0.481 e. The second kappa shape index (κ2) is 8.12. The molecule has 0 N–H and O–H groups in total. The molecular formula is C20H25N3O2. The van der Waals surface area contributed by atoms with E-state index >= 15 is 0 Å². The van der Waals surface area contributed by atoms with Gasteiger partial charge >= 0.3 is 0 Å². The third-order valence-electron chi connectivity index (χ3n) is 4.75. The fourth-order valence-electron chi connectivity index (χ4n) is 3.34. The van der Waals surface area contributed by atoms with Crippen molar-refractivity contribution in [1.82, 2.24) is 9.88 Å². The first kappa shape index (κ1) is 17.4. The number of piperidine rings is 1. The van der Waals surface area contributed by atoms with Gasteiger partial charge in [-0.15, -0.1) is 0 Å². The predicted octanol–water partition coefficient (Wildman–Crippen LogP) is 2.97. The number of carbonyl (C=O) groups is 1. The SMILES string of the molecule is COc1ccc(N(C)C(=O)[C@H]2CCCN(Cc3ccccc3)C2)cn1. The molecule has 5 nitrogen and oxygen atoms in total. The Kier molecular flexibility index (Phi) is 5.66. The quantitative estimate of drug-likeness (QED) is 0.840. The van der Waals surface area contributed by atoms with Crippen molar-refractivity contribution in [2.75, 3.05) is 32.1 Å². The lowest BCUT2D eigenvalue weighted by atomic mass is 9.96. The molecule has 1 saturated heterocycles. The van der Waals surface area contributed by atoms with Crippen molar-refractivity contribution in [2.45, 2.75) is 19.4 Å². The van der Waals surface area contributed by atoms with E-state index in [0.717, 1.165) is 38.2 Å². The number of amides is 1. The Bertz CT molecular complexity index is 688. The predicted molar refractivity (Wildman–Crippen MR) is 98.6 cm³/mol. The number of pyridine rings is 1. The maximum atomic E-state index is 12.9. The van der Waals surface area contributed by atoms with E-state index in [4.69, 9.17) is 4.74 Å². The van der Waals surface area contributed by atoms with Gasteiger partial charge in [0.1, 0.15) is 0 Å². The maximum Gasteiger partial charge on any atom is 0.231 e. The molecular weight excluding hydrogens is 314 g/mol. The zero-order valence-corrected chi connectivity index (χ0v) is 14.9. The minimum absolute atomic E-state index is 0.0320. The van der Waals surface area contributed by atoms with Crippen molar-refractivity contribution >= 4 is 11.6 Å². The molecule has 0 radical (unpaired) electrons. The maximum absolute atomic E-state index is 12.9. The highest BCUT2D eigenvalue weighted by Gasteiger charge is 2.28. The lowest BCUT2D eigenvalue weighted by Gasteiger charge is -2.34. The molecule has 2 aromatic rings. The lowest BCUT2D eigenvalue weighted by Crippen LogP contribution is -2.43. The first-order valence-corrected chi connectivity index (χ1v) is 8.71. The number of aromatic nitrogens is 1. The number of hydrogen-bond donors (Lipinski definition) is 0. The molecule has 132 valence electrons. The summed E-state index contributed by atoms with van der Waals surface area (Å²) in [4.78, 5) is 21.2. The van der Waals surface area contributed by atoms with E-state index < -0.39 is 0 Å². The van der Waals surface area contributed by atoms with Gasteiger partial charge in [-0.2, -0.15) is 0 Å². The van der Waals surface area contributed by atoms with Crippen LogP contribution in [0.3, 0.4) is 0 Å². The van der Waals surface area contributed by atoms with E-state index in [9.17, 15) is 4.79 Å². The fraction of sp³-hybridized carbons (Fsp3) is 0.400. The number of ether oxygens (including phenoxy) is 1. The summed E-state index contributed by atoms with van der Waals surface area (Å²) in [5.74, 6) is 0.741. The summed E-state index contributed by atoms with van der Waals surface area (Å²) in [5, 5.41) is 0. The van der Waals surface area contributed by atoms with Gasteiger partial charge in [0.25, 0.3) is 0 Å². The molecule has 0 spiro atoms. The molecule has 0 bridgehead atoms. The molecule has 1 amide bonds. The van der Waals surface area contributed by atoms with Gasteiger partial charge in [0.2, 0.25) is 11.8 Å². The van der Waals surface area contributed by atoms with Crippen LogP contribution in [0.15, 0.2) is 48.7 Å². The highest BCUT2D eigenvalue weighted by atomic mass is 16.5. The van der Waals surface area contributed by atoms with E-state index in [-0.39, 0.29) is 11.8 Å². The van der Waals surface area contributed by atoms with E-state index in [1.807, 2.05) is 19.2 Å². The minimum Gasteiger partial charge on any atom is -0.481 e. The van der Waals surface area contributed by atoms with Crippen LogP contribution < -0.4 is 9.64 Å². The number of carbonyl (C=O) groups excluding carboxylic acids is 1. The number of anilines is 1. The van der Waals surface area contributed by atoms with Crippen molar-refractivity contribution in [3.8, 4) is 5.88 Å². The van der Waals surface area contributed by atoms with E-state index in [1.165, 1.54) is 5.56 Å². The van der Waals surface area contributed by atoms with Gasteiger partial charge in [-0.05, 0) is 31.0 Å². The Morgan fingerprint density at radius 2 is 2.08 bits per heavy atom. The van der Waals surface area contributed by atoms with Crippen LogP contribution in [0.4, 0.5) is 5.69 Å². The monoisotopic (exact) mass is 339 g/mol. The van der Waals surface area contributed by atoms with Crippen LogP contribution in [0.2, 0.25) is 0 Å². The summed E-state index contributed by atoms with van der Waals surface area (Å²) < 4.78 is 5.08. The van der Waals surface area contributed by atoms with Gasteiger partial charge in [-0.25, -0.2) is 4.98 Å². The van der Waals surface area contributed by atoms with Crippen LogP contribution in [0.5, 0.6) is 5.88 Å². The zero-order chi connectivity index (χ0) is 17.6. The smallest absolute Gasteiger partial charge is 0.231 e. The first-order valence-electron chi connectivity index (χ1n) is 8.71. The Balaban J connectivity index is 1.62. The van der Waals surface area contributed by atoms with Crippen LogP contribution >= 0.6 is 0 Å². The van der Waals surface area contributed by atoms with Crippen molar-refractivity contribution in [1.29, 1.82) is 0 Å². The van der Waals surface area contributed by atoms with Crippen LogP contribution in [0.1, 0.15) is 18.4 Å². The summed E-state index contributed by atoms with van der Waals surface area (Å²) in [6.07, 6.45) is 3.68. The van der Waals surface area contributed by atoms with Crippen LogP contribution in [-0.4, -0.2) is 43.0 Å². The average molecular weight is 339 g/mol. The molecule has 1 aliphatic rings. The van der Waals surface area contributed by atoms with Crippen molar-refractivity contribution in [2.24, 2.45) is 5.92 Å². The molecule has 5 heteroatoms. The zero-order valence-electron chi connectivity index (χ0n) is 14.9. The molecule has 1 aromatic carbocycles. The topological polar surface area (TPSA) is 45.7 Å². The fourth-order valence-corrected chi connectivity index (χ4v) is 3.34. The van der Waals surface area contributed by atoms with Gasteiger partial charge in [0, 0.05) is 26.2 Å². The molecule has 3 rings (SSSR count).